The first-order chi connectivity index (χ1) is 6.31. The van der Waals surface area contributed by atoms with Crippen LogP contribution in [0.3, 0.4) is 0 Å². The number of nitrogens with zero attached hydrogens (tertiary/aromatic N) is 1. The Balaban J connectivity index is 2.27. The zero-order chi connectivity index (χ0) is 9.68. The lowest BCUT2D eigenvalue weighted by atomic mass is 10.3. The minimum Gasteiger partial charge on any atom is -0.379 e. The molecule has 0 aromatic carbocycles. The molecule has 1 saturated carbocycles. The number of hydrogen-bond acceptors (Lipinski definition) is 3. The van der Waals surface area contributed by atoms with Gasteiger partial charge in [0.2, 0.25) is 0 Å². The molecule has 0 heterocycles. The smallest absolute Gasteiger partial charge is 0.0820 e. The lowest BCUT2D eigenvalue weighted by Crippen LogP contribution is -2.39. The van der Waals surface area contributed by atoms with Crippen molar-refractivity contribution in [2.24, 2.45) is 5.73 Å². The van der Waals surface area contributed by atoms with Crippen molar-refractivity contribution in [1.82, 2.24) is 4.90 Å². The van der Waals surface area contributed by atoms with Gasteiger partial charge in [-0.3, -0.25) is 4.90 Å². The highest BCUT2D eigenvalue weighted by Crippen LogP contribution is 2.27. The first-order valence-electron chi connectivity index (χ1n) is 5.28. The second kappa shape index (κ2) is 5.58. The van der Waals surface area contributed by atoms with Gasteiger partial charge in [0.15, 0.2) is 0 Å². The van der Waals surface area contributed by atoms with Gasteiger partial charge in [0, 0.05) is 26.2 Å². The van der Waals surface area contributed by atoms with Crippen molar-refractivity contribution in [3.05, 3.63) is 0 Å². The summed E-state index contributed by atoms with van der Waals surface area (Å²) in [7, 11) is 1.74. The van der Waals surface area contributed by atoms with Gasteiger partial charge in [0.05, 0.1) is 6.10 Å². The molecule has 1 rings (SSSR count). The van der Waals surface area contributed by atoms with E-state index in [9.17, 15) is 0 Å². The molecule has 0 aliphatic heterocycles. The van der Waals surface area contributed by atoms with Crippen molar-refractivity contribution in [2.45, 2.75) is 38.3 Å². The molecule has 13 heavy (non-hydrogen) atoms. The molecule has 1 aliphatic rings. The maximum absolute atomic E-state index is 5.60. The Morgan fingerprint density at radius 1 is 1.54 bits per heavy atom. The number of rotatable bonds is 7. The fraction of sp³-hybridized carbons (Fsp3) is 1.00. The van der Waals surface area contributed by atoms with E-state index in [0.29, 0.717) is 6.54 Å². The van der Waals surface area contributed by atoms with Gasteiger partial charge in [-0.25, -0.2) is 0 Å². The predicted molar refractivity (Wildman–Crippen MR) is 54.7 cm³/mol. The van der Waals surface area contributed by atoms with E-state index < -0.39 is 0 Å². The Kier molecular flexibility index (Phi) is 4.70. The molecule has 3 nitrogen and oxygen atoms in total. The van der Waals surface area contributed by atoms with E-state index in [1.807, 2.05) is 0 Å². The summed E-state index contributed by atoms with van der Waals surface area (Å²) in [5.41, 5.74) is 5.60. The molecule has 0 aromatic heterocycles. The van der Waals surface area contributed by atoms with Crippen LogP contribution in [-0.2, 0) is 4.74 Å². The highest BCUT2D eigenvalue weighted by atomic mass is 16.5. The standard InChI is InChI=1S/C10H22N2O/c1-3-6-12(9-4-5-9)8-10(7-11)13-2/h9-10H,3-8,11H2,1-2H3. The van der Waals surface area contributed by atoms with Gasteiger partial charge in [-0.15, -0.1) is 0 Å². The summed E-state index contributed by atoms with van der Waals surface area (Å²) in [5, 5.41) is 0. The van der Waals surface area contributed by atoms with Crippen LogP contribution in [0.15, 0.2) is 0 Å². The third kappa shape index (κ3) is 3.63. The number of hydrogen-bond donors (Lipinski definition) is 1. The molecular weight excluding hydrogens is 164 g/mol. The lowest BCUT2D eigenvalue weighted by molar-refractivity contribution is 0.0670. The predicted octanol–water partition coefficient (Wildman–Crippen LogP) is 0.834. The topological polar surface area (TPSA) is 38.5 Å². The molecule has 0 spiro atoms. The normalized spacial score (nSPS) is 19.4. The van der Waals surface area contributed by atoms with E-state index in [1.54, 1.807) is 7.11 Å². The zero-order valence-electron chi connectivity index (χ0n) is 8.83. The van der Waals surface area contributed by atoms with Crippen LogP contribution in [0, 0.1) is 0 Å². The van der Waals surface area contributed by atoms with Crippen molar-refractivity contribution in [1.29, 1.82) is 0 Å². The zero-order valence-corrected chi connectivity index (χ0v) is 8.83. The molecule has 0 amide bonds. The molecule has 1 aliphatic carbocycles. The van der Waals surface area contributed by atoms with Crippen LogP contribution in [0.4, 0.5) is 0 Å². The van der Waals surface area contributed by atoms with E-state index >= 15 is 0 Å². The molecule has 1 fully saturated rings. The van der Waals surface area contributed by atoms with Crippen LogP contribution in [-0.4, -0.2) is 43.8 Å². The Bertz CT molecular complexity index is 133. The average molecular weight is 186 g/mol. The third-order valence-corrected chi connectivity index (χ3v) is 2.61. The van der Waals surface area contributed by atoms with Crippen LogP contribution in [0.2, 0.25) is 0 Å². The summed E-state index contributed by atoms with van der Waals surface area (Å²) in [6, 6.07) is 0.823. The largest absolute Gasteiger partial charge is 0.379 e. The molecule has 0 aromatic rings. The maximum Gasteiger partial charge on any atom is 0.0820 e. The Labute approximate surface area is 81.2 Å². The second-order valence-corrected chi connectivity index (χ2v) is 3.82. The summed E-state index contributed by atoms with van der Waals surface area (Å²) < 4.78 is 5.29. The van der Waals surface area contributed by atoms with Crippen LogP contribution >= 0.6 is 0 Å². The fourth-order valence-corrected chi connectivity index (χ4v) is 1.66. The van der Waals surface area contributed by atoms with Crippen LogP contribution in [0.25, 0.3) is 0 Å². The molecule has 0 bridgehead atoms. The van der Waals surface area contributed by atoms with Crippen LogP contribution in [0.5, 0.6) is 0 Å². The van der Waals surface area contributed by atoms with Gasteiger partial charge in [0.25, 0.3) is 0 Å². The van der Waals surface area contributed by atoms with Crippen molar-refractivity contribution in [3.8, 4) is 0 Å². The summed E-state index contributed by atoms with van der Waals surface area (Å²) in [4.78, 5) is 2.51. The van der Waals surface area contributed by atoms with Crippen molar-refractivity contribution in [3.63, 3.8) is 0 Å². The maximum atomic E-state index is 5.60. The van der Waals surface area contributed by atoms with E-state index in [0.717, 1.165) is 12.6 Å². The SMILES string of the molecule is CCCN(CC(CN)OC)C1CC1. The van der Waals surface area contributed by atoms with Gasteiger partial charge >= 0.3 is 0 Å². The van der Waals surface area contributed by atoms with Crippen molar-refractivity contribution >= 4 is 0 Å². The number of methoxy groups -OCH3 is 1. The average Bonchev–Trinajstić information content (AvgIpc) is 2.95. The van der Waals surface area contributed by atoms with Crippen molar-refractivity contribution in [2.75, 3.05) is 26.7 Å². The van der Waals surface area contributed by atoms with Gasteiger partial charge in [-0.05, 0) is 25.8 Å². The van der Waals surface area contributed by atoms with E-state index in [-0.39, 0.29) is 6.10 Å². The Hall–Kier alpha value is -0.120. The second-order valence-electron chi connectivity index (χ2n) is 3.82. The first kappa shape index (κ1) is 11.0. The Morgan fingerprint density at radius 2 is 2.23 bits per heavy atom. The third-order valence-electron chi connectivity index (χ3n) is 2.61. The lowest BCUT2D eigenvalue weighted by Gasteiger charge is -2.25. The summed E-state index contributed by atoms with van der Waals surface area (Å²) in [5.74, 6) is 0. The van der Waals surface area contributed by atoms with E-state index in [2.05, 4.69) is 11.8 Å². The monoisotopic (exact) mass is 186 g/mol. The van der Waals surface area contributed by atoms with E-state index in [4.69, 9.17) is 10.5 Å². The summed E-state index contributed by atoms with van der Waals surface area (Å²) in [6.45, 7) is 5.04. The van der Waals surface area contributed by atoms with Gasteiger partial charge in [-0.2, -0.15) is 0 Å². The highest BCUT2D eigenvalue weighted by Gasteiger charge is 2.29. The molecule has 2 N–H and O–H groups in total. The molecule has 0 radical (unpaired) electrons. The number of ether oxygens (including phenoxy) is 1. The minimum absolute atomic E-state index is 0.215. The van der Waals surface area contributed by atoms with E-state index in [1.165, 1.54) is 25.8 Å². The summed E-state index contributed by atoms with van der Waals surface area (Å²) >= 11 is 0. The highest BCUT2D eigenvalue weighted by molar-refractivity contribution is 4.85. The van der Waals surface area contributed by atoms with Gasteiger partial charge in [-0.1, -0.05) is 6.92 Å². The minimum atomic E-state index is 0.215. The summed E-state index contributed by atoms with van der Waals surface area (Å²) in [6.07, 6.45) is 4.16. The van der Waals surface area contributed by atoms with Gasteiger partial charge < -0.3 is 10.5 Å². The molecule has 1 atom stereocenters. The Morgan fingerprint density at radius 3 is 2.62 bits per heavy atom. The number of nitrogens with two attached hydrogens (primary N) is 1. The van der Waals surface area contributed by atoms with Crippen molar-refractivity contribution < 1.29 is 4.74 Å². The molecule has 0 saturated heterocycles. The molecule has 78 valence electrons. The molecule has 1 unspecified atom stereocenters. The van der Waals surface area contributed by atoms with Crippen LogP contribution in [0.1, 0.15) is 26.2 Å². The van der Waals surface area contributed by atoms with Crippen LogP contribution < -0.4 is 5.73 Å². The fourth-order valence-electron chi connectivity index (χ4n) is 1.66. The molecular formula is C10H22N2O. The quantitative estimate of drug-likeness (QED) is 0.640. The van der Waals surface area contributed by atoms with Gasteiger partial charge in [0.1, 0.15) is 0 Å². The first-order valence-corrected chi connectivity index (χ1v) is 5.28. The molecule has 3 heteroatoms.